The van der Waals surface area contributed by atoms with Gasteiger partial charge in [0.1, 0.15) is 5.82 Å². The van der Waals surface area contributed by atoms with Gasteiger partial charge in [-0.2, -0.15) is 0 Å². The minimum atomic E-state index is -0.339. The molecule has 0 radical (unpaired) electrons. The third-order valence-corrected chi connectivity index (χ3v) is 5.48. The number of halogens is 3. The Morgan fingerprint density at radius 3 is 2.42 bits per heavy atom. The molecule has 5 rings (SSSR count). The lowest BCUT2D eigenvalue weighted by atomic mass is 9.95. The van der Waals surface area contributed by atoms with E-state index in [2.05, 4.69) is 10.3 Å². The van der Waals surface area contributed by atoms with Gasteiger partial charge >= 0.3 is 0 Å². The van der Waals surface area contributed by atoms with Crippen LogP contribution in [0.25, 0.3) is 11.3 Å². The molecule has 1 N–H and O–H groups in total. The lowest BCUT2D eigenvalue weighted by molar-refractivity contribution is 0.625. The lowest BCUT2D eigenvalue weighted by Crippen LogP contribution is -2.07. The van der Waals surface area contributed by atoms with Gasteiger partial charge in [0.2, 0.25) is 5.95 Å². The predicted molar refractivity (Wildman–Crippen MR) is 123 cm³/mol. The fourth-order valence-corrected chi connectivity index (χ4v) is 3.83. The summed E-state index contributed by atoms with van der Waals surface area (Å²) < 4.78 is 14.6. The molecule has 31 heavy (non-hydrogen) atoms. The molecule has 1 aliphatic heterocycles. The van der Waals surface area contributed by atoms with Crippen molar-refractivity contribution in [1.29, 1.82) is 0 Å². The second-order valence-corrected chi connectivity index (χ2v) is 7.91. The summed E-state index contributed by atoms with van der Waals surface area (Å²) >= 11 is 12.3. The van der Waals surface area contributed by atoms with Gasteiger partial charge < -0.3 is 5.32 Å². The van der Waals surface area contributed by atoms with Gasteiger partial charge in [0.25, 0.3) is 0 Å². The standard InChI is InChI=1S/C24H15Cl2FN4/c25-15-5-8-17(9-6-15)30-24-29-13-14-12-28-23(19-3-1-2-4-21(19)27)20-11-16(26)7-10-18(20)22(14)31-24/h1-11,13H,12H2,(H,29,30,31). The Labute approximate surface area is 188 Å². The van der Waals surface area contributed by atoms with E-state index in [1.54, 1.807) is 48.7 Å². The van der Waals surface area contributed by atoms with Gasteiger partial charge in [-0.05, 0) is 48.5 Å². The number of nitrogens with one attached hydrogen (secondary N) is 1. The van der Waals surface area contributed by atoms with E-state index in [0.717, 1.165) is 28.1 Å². The summed E-state index contributed by atoms with van der Waals surface area (Å²) in [5.74, 6) is 0.102. The van der Waals surface area contributed by atoms with Crippen molar-refractivity contribution in [3.63, 3.8) is 0 Å². The maximum Gasteiger partial charge on any atom is 0.227 e. The summed E-state index contributed by atoms with van der Waals surface area (Å²) in [4.78, 5) is 13.9. The van der Waals surface area contributed by atoms with Crippen molar-refractivity contribution in [3.05, 3.63) is 105 Å². The van der Waals surface area contributed by atoms with Crippen molar-refractivity contribution in [1.82, 2.24) is 9.97 Å². The summed E-state index contributed by atoms with van der Waals surface area (Å²) in [6.45, 7) is 0.326. The second-order valence-electron chi connectivity index (χ2n) is 7.03. The van der Waals surface area contributed by atoms with Crippen LogP contribution in [-0.4, -0.2) is 15.7 Å². The number of aromatic nitrogens is 2. The molecule has 4 nitrogen and oxygen atoms in total. The normalized spacial score (nSPS) is 12.4. The Morgan fingerprint density at radius 1 is 0.839 bits per heavy atom. The predicted octanol–water partition coefficient (Wildman–Crippen LogP) is 6.68. The van der Waals surface area contributed by atoms with Gasteiger partial charge in [0.15, 0.2) is 0 Å². The number of benzene rings is 3. The number of nitrogens with zero attached hydrogens (tertiary/aromatic N) is 3. The smallest absolute Gasteiger partial charge is 0.227 e. The minimum Gasteiger partial charge on any atom is -0.324 e. The first-order chi connectivity index (χ1) is 15.1. The quantitative estimate of drug-likeness (QED) is 0.379. The first-order valence-corrected chi connectivity index (χ1v) is 10.3. The maximum absolute atomic E-state index is 14.6. The first-order valence-electron chi connectivity index (χ1n) is 9.56. The molecule has 1 aliphatic rings. The van der Waals surface area contributed by atoms with Crippen molar-refractivity contribution in [2.24, 2.45) is 4.99 Å². The molecule has 0 saturated heterocycles. The van der Waals surface area contributed by atoms with Crippen LogP contribution in [0.3, 0.4) is 0 Å². The van der Waals surface area contributed by atoms with Crippen LogP contribution in [0.2, 0.25) is 10.0 Å². The van der Waals surface area contributed by atoms with Crippen LogP contribution in [0.4, 0.5) is 16.0 Å². The van der Waals surface area contributed by atoms with E-state index >= 15 is 0 Å². The SMILES string of the molecule is Fc1ccccc1C1=NCc2cnc(Nc3ccc(Cl)cc3)nc2-c2ccc(Cl)cc21. The molecule has 0 bridgehead atoms. The van der Waals surface area contributed by atoms with Gasteiger partial charge in [-0.3, -0.25) is 4.99 Å². The Bertz CT molecular complexity index is 1320. The average molecular weight is 449 g/mol. The van der Waals surface area contributed by atoms with E-state index in [0.29, 0.717) is 33.8 Å². The van der Waals surface area contributed by atoms with E-state index in [-0.39, 0.29) is 5.82 Å². The van der Waals surface area contributed by atoms with E-state index in [1.165, 1.54) is 6.07 Å². The summed E-state index contributed by atoms with van der Waals surface area (Å²) in [5, 5.41) is 4.38. The molecule has 7 heteroatoms. The van der Waals surface area contributed by atoms with Gasteiger partial charge in [0.05, 0.1) is 18.0 Å². The van der Waals surface area contributed by atoms with Crippen LogP contribution < -0.4 is 5.32 Å². The van der Waals surface area contributed by atoms with Crippen LogP contribution in [0.5, 0.6) is 0 Å². The topological polar surface area (TPSA) is 50.2 Å². The molecule has 4 aromatic rings. The summed E-state index contributed by atoms with van der Waals surface area (Å²) in [5.41, 5.74) is 4.91. The molecule has 1 aromatic heterocycles. The highest BCUT2D eigenvalue weighted by molar-refractivity contribution is 6.31. The Kier molecular flexibility index (Phi) is 5.14. The molecule has 0 fully saturated rings. The Morgan fingerprint density at radius 2 is 1.61 bits per heavy atom. The molecule has 152 valence electrons. The lowest BCUT2D eigenvalue weighted by Gasteiger charge is -2.13. The zero-order valence-corrected chi connectivity index (χ0v) is 17.6. The second kappa shape index (κ2) is 8.10. The van der Waals surface area contributed by atoms with Crippen LogP contribution in [0.15, 0.2) is 77.9 Å². The number of rotatable bonds is 3. The average Bonchev–Trinajstić information content (AvgIpc) is 2.92. The fraction of sp³-hybridized carbons (Fsp3) is 0.0417. The minimum absolute atomic E-state index is 0.326. The monoisotopic (exact) mass is 448 g/mol. The van der Waals surface area contributed by atoms with E-state index in [1.807, 2.05) is 18.2 Å². The molecule has 0 unspecified atom stereocenters. The largest absolute Gasteiger partial charge is 0.324 e. The van der Waals surface area contributed by atoms with Crippen LogP contribution in [0.1, 0.15) is 16.7 Å². The number of anilines is 2. The van der Waals surface area contributed by atoms with Crippen LogP contribution >= 0.6 is 23.2 Å². The summed E-state index contributed by atoms with van der Waals surface area (Å²) in [6, 6.07) is 19.3. The van der Waals surface area contributed by atoms with Gasteiger partial charge in [-0.1, -0.05) is 41.4 Å². The van der Waals surface area contributed by atoms with Crippen molar-refractivity contribution in [3.8, 4) is 11.3 Å². The number of hydrogen-bond donors (Lipinski definition) is 1. The van der Waals surface area contributed by atoms with E-state index in [4.69, 9.17) is 33.2 Å². The fourth-order valence-electron chi connectivity index (χ4n) is 3.53. The van der Waals surface area contributed by atoms with Crippen molar-refractivity contribution in [2.45, 2.75) is 6.54 Å². The third kappa shape index (κ3) is 3.90. The zero-order valence-electron chi connectivity index (χ0n) is 16.1. The highest BCUT2D eigenvalue weighted by Crippen LogP contribution is 2.34. The Hall–Kier alpha value is -3.28. The van der Waals surface area contributed by atoms with Gasteiger partial charge in [-0.15, -0.1) is 0 Å². The highest BCUT2D eigenvalue weighted by Gasteiger charge is 2.23. The molecule has 0 amide bonds. The first kappa shape index (κ1) is 19.7. The third-order valence-electron chi connectivity index (χ3n) is 4.99. The summed E-state index contributed by atoms with van der Waals surface area (Å²) in [7, 11) is 0. The number of aliphatic imine (C=N–C) groups is 1. The highest BCUT2D eigenvalue weighted by atomic mass is 35.5. The molecule has 0 saturated carbocycles. The molecular formula is C24H15Cl2FN4. The molecule has 0 atom stereocenters. The van der Waals surface area contributed by atoms with Gasteiger partial charge in [0, 0.05) is 44.2 Å². The van der Waals surface area contributed by atoms with Gasteiger partial charge in [-0.25, -0.2) is 14.4 Å². The van der Waals surface area contributed by atoms with Crippen molar-refractivity contribution < 1.29 is 4.39 Å². The van der Waals surface area contributed by atoms with E-state index < -0.39 is 0 Å². The zero-order chi connectivity index (χ0) is 21.4. The molecule has 0 aliphatic carbocycles. The van der Waals surface area contributed by atoms with Crippen LogP contribution in [0, 0.1) is 5.82 Å². The number of hydrogen-bond acceptors (Lipinski definition) is 4. The van der Waals surface area contributed by atoms with Crippen LogP contribution in [-0.2, 0) is 6.54 Å². The molecule has 2 heterocycles. The molecular weight excluding hydrogens is 434 g/mol. The number of fused-ring (bicyclic) bond motifs is 3. The Balaban J connectivity index is 1.62. The maximum atomic E-state index is 14.6. The molecule has 0 spiro atoms. The van der Waals surface area contributed by atoms with Crippen molar-refractivity contribution >= 4 is 40.5 Å². The summed E-state index contributed by atoms with van der Waals surface area (Å²) in [6.07, 6.45) is 1.74. The van der Waals surface area contributed by atoms with E-state index in [9.17, 15) is 4.39 Å². The van der Waals surface area contributed by atoms with Crippen molar-refractivity contribution in [2.75, 3.05) is 5.32 Å². The molecule has 3 aromatic carbocycles.